The number of halogens is 1. The molecule has 0 saturated heterocycles. The average Bonchev–Trinajstić information content (AvgIpc) is 3.44. The zero-order valence-corrected chi connectivity index (χ0v) is 25.2. The van der Waals surface area contributed by atoms with Gasteiger partial charge in [-0.05, 0) is 72.1 Å². The minimum absolute atomic E-state index is 0.0550. The number of rotatable bonds is 10. The summed E-state index contributed by atoms with van der Waals surface area (Å²) in [4.78, 5) is 28.2. The first-order valence-electron chi connectivity index (χ1n) is 13.5. The highest BCUT2D eigenvalue weighted by Gasteiger charge is 2.31. The molecule has 0 unspecified atom stereocenters. The fourth-order valence-corrected chi connectivity index (χ4v) is 6.72. The van der Waals surface area contributed by atoms with Crippen molar-refractivity contribution in [2.75, 3.05) is 37.5 Å². The Balaban J connectivity index is 1.38. The summed E-state index contributed by atoms with van der Waals surface area (Å²) in [5, 5.41) is 3.03. The highest BCUT2D eigenvalue weighted by molar-refractivity contribution is 7.89. The third-order valence-corrected chi connectivity index (χ3v) is 9.16. The van der Waals surface area contributed by atoms with Gasteiger partial charge in [0.05, 0.1) is 20.8 Å². The molecule has 0 aliphatic carbocycles. The average molecular weight is 620 g/mol. The number of nitrogens with zero attached hydrogens (tertiary/aromatic N) is 2. The number of hydrogen-bond acceptors (Lipinski definition) is 6. The van der Waals surface area contributed by atoms with Crippen molar-refractivity contribution in [3.8, 4) is 11.5 Å². The second-order valence-corrected chi connectivity index (χ2v) is 12.2. The molecule has 9 nitrogen and oxygen atoms in total. The van der Waals surface area contributed by atoms with Crippen LogP contribution in [-0.4, -0.2) is 51.8 Å². The molecule has 1 N–H and O–H groups in total. The number of benzene rings is 4. The van der Waals surface area contributed by atoms with E-state index in [1.807, 2.05) is 12.1 Å². The van der Waals surface area contributed by atoms with Crippen LogP contribution in [0, 0.1) is 0 Å². The molecular weight excluding hydrogens is 590 g/mol. The fraction of sp³-hybridized carbons (Fsp3) is 0.188. The van der Waals surface area contributed by atoms with Gasteiger partial charge in [0.15, 0.2) is 0 Å². The van der Waals surface area contributed by atoms with Gasteiger partial charge in [-0.2, -0.15) is 4.31 Å². The molecular formula is C32H30ClN3O6S. The van der Waals surface area contributed by atoms with E-state index in [1.165, 1.54) is 25.3 Å². The van der Waals surface area contributed by atoms with Gasteiger partial charge in [-0.3, -0.25) is 9.59 Å². The van der Waals surface area contributed by atoms with Crippen molar-refractivity contribution in [2.24, 2.45) is 0 Å². The van der Waals surface area contributed by atoms with Crippen LogP contribution in [0.4, 0.5) is 11.4 Å². The van der Waals surface area contributed by atoms with Crippen LogP contribution in [0.5, 0.6) is 11.5 Å². The van der Waals surface area contributed by atoms with Crippen molar-refractivity contribution in [3.63, 3.8) is 0 Å². The number of methoxy groups -OCH3 is 2. The standard InChI is InChI=1S/C32H30ClN3O6S/c1-41-27-13-9-24(10-14-27)32(38)36-17-16-23-8-12-26(19-28(23)36)34-31(37)21-35(20-22-6-4-3-5-7-22)43(39,40)30-18-25(33)11-15-29(30)42-2/h3-15,18-19H,16-17,20-21H2,1-2H3,(H,34,37). The largest absolute Gasteiger partial charge is 0.497 e. The number of amides is 2. The van der Waals surface area contributed by atoms with E-state index in [-0.39, 0.29) is 28.1 Å². The number of ether oxygens (including phenoxy) is 2. The highest BCUT2D eigenvalue weighted by Crippen LogP contribution is 2.33. The third-order valence-electron chi connectivity index (χ3n) is 7.11. The van der Waals surface area contributed by atoms with E-state index in [1.54, 1.807) is 72.7 Å². The Morgan fingerprint density at radius 2 is 1.67 bits per heavy atom. The van der Waals surface area contributed by atoms with Gasteiger partial charge in [0.2, 0.25) is 15.9 Å². The minimum Gasteiger partial charge on any atom is -0.497 e. The number of carbonyl (C=O) groups excluding carboxylic acids is 2. The Bertz CT molecular complexity index is 1750. The molecule has 222 valence electrons. The number of carbonyl (C=O) groups is 2. The van der Waals surface area contributed by atoms with E-state index in [0.29, 0.717) is 41.2 Å². The maximum atomic E-state index is 13.9. The molecule has 4 aromatic rings. The summed E-state index contributed by atoms with van der Waals surface area (Å²) in [7, 11) is -1.28. The van der Waals surface area contributed by atoms with Crippen molar-refractivity contribution in [1.82, 2.24) is 4.31 Å². The first kappa shape index (κ1) is 30.1. The van der Waals surface area contributed by atoms with Crippen molar-refractivity contribution in [3.05, 3.63) is 113 Å². The summed E-state index contributed by atoms with van der Waals surface area (Å²) in [6, 6.07) is 25.5. The second-order valence-electron chi connectivity index (χ2n) is 9.88. The first-order valence-corrected chi connectivity index (χ1v) is 15.3. The van der Waals surface area contributed by atoms with E-state index in [9.17, 15) is 18.0 Å². The second kappa shape index (κ2) is 12.9. The quantitative estimate of drug-likeness (QED) is 0.255. The van der Waals surface area contributed by atoms with Gasteiger partial charge in [-0.15, -0.1) is 0 Å². The van der Waals surface area contributed by atoms with Crippen LogP contribution in [0.2, 0.25) is 5.02 Å². The first-order chi connectivity index (χ1) is 20.7. The van der Waals surface area contributed by atoms with E-state index in [2.05, 4.69) is 5.32 Å². The molecule has 1 heterocycles. The van der Waals surface area contributed by atoms with Crippen LogP contribution in [-0.2, 0) is 27.8 Å². The van der Waals surface area contributed by atoms with E-state index in [4.69, 9.17) is 21.1 Å². The molecule has 0 bridgehead atoms. The molecule has 0 radical (unpaired) electrons. The van der Waals surface area contributed by atoms with Crippen molar-refractivity contribution in [1.29, 1.82) is 0 Å². The fourth-order valence-electron chi connectivity index (χ4n) is 4.92. The van der Waals surface area contributed by atoms with Gasteiger partial charge in [-0.25, -0.2) is 8.42 Å². The summed E-state index contributed by atoms with van der Waals surface area (Å²) in [5.41, 5.74) is 3.32. The van der Waals surface area contributed by atoms with Gasteiger partial charge in [0.1, 0.15) is 16.4 Å². The maximum Gasteiger partial charge on any atom is 0.258 e. The molecule has 0 aromatic heterocycles. The molecule has 4 aromatic carbocycles. The summed E-state index contributed by atoms with van der Waals surface area (Å²) in [5.74, 6) is 0.0515. The summed E-state index contributed by atoms with van der Waals surface area (Å²) >= 11 is 6.14. The molecule has 0 fully saturated rings. The zero-order chi connectivity index (χ0) is 30.6. The predicted octanol–water partition coefficient (Wildman–Crippen LogP) is 5.39. The predicted molar refractivity (Wildman–Crippen MR) is 165 cm³/mol. The Hall–Kier alpha value is -4.38. The van der Waals surface area contributed by atoms with E-state index >= 15 is 0 Å². The molecule has 1 aliphatic rings. The van der Waals surface area contributed by atoms with Gasteiger partial charge < -0.3 is 19.7 Å². The Labute approximate surface area is 255 Å². The molecule has 0 spiro atoms. The normalized spacial score (nSPS) is 12.6. The summed E-state index contributed by atoms with van der Waals surface area (Å²) < 4.78 is 39.3. The number of sulfonamides is 1. The number of fused-ring (bicyclic) bond motifs is 1. The van der Waals surface area contributed by atoms with Crippen molar-refractivity contribution in [2.45, 2.75) is 17.9 Å². The smallest absolute Gasteiger partial charge is 0.258 e. The van der Waals surface area contributed by atoms with Gasteiger partial charge in [-0.1, -0.05) is 48.0 Å². The van der Waals surface area contributed by atoms with Crippen LogP contribution in [0.3, 0.4) is 0 Å². The molecule has 1 aliphatic heterocycles. The maximum absolute atomic E-state index is 13.9. The highest BCUT2D eigenvalue weighted by atomic mass is 35.5. The monoisotopic (exact) mass is 619 g/mol. The Morgan fingerprint density at radius 1 is 0.930 bits per heavy atom. The lowest BCUT2D eigenvalue weighted by atomic mass is 10.1. The van der Waals surface area contributed by atoms with E-state index in [0.717, 1.165) is 9.87 Å². The lowest BCUT2D eigenvalue weighted by Crippen LogP contribution is -2.37. The molecule has 0 atom stereocenters. The number of hydrogen-bond donors (Lipinski definition) is 1. The lowest BCUT2D eigenvalue weighted by Gasteiger charge is -2.23. The Morgan fingerprint density at radius 3 is 2.37 bits per heavy atom. The molecule has 2 amide bonds. The molecule has 0 saturated carbocycles. The topological polar surface area (TPSA) is 105 Å². The van der Waals surface area contributed by atoms with Gasteiger partial charge in [0, 0.05) is 35.1 Å². The molecule has 43 heavy (non-hydrogen) atoms. The lowest BCUT2D eigenvalue weighted by molar-refractivity contribution is -0.116. The zero-order valence-electron chi connectivity index (χ0n) is 23.6. The van der Waals surface area contributed by atoms with Crippen LogP contribution in [0.15, 0.2) is 95.9 Å². The number of nitrogens with one attached hydrogen (secondary N) is 1. The molecule has 11 heteroatoms. The van der Waals surface area contributed by atoms with Crippen LogP contribution < -0.4 is 19.7 Å². The van der Waals surface area contributed by atoms with Crippen molar-refractivity contribution < 1.29 is 27.5 Å². The van der Waals surface area contributed by atoms with Gasteiger partial charge >= 0.3 is 0 Å². The summed E-state index contributed by atoms with van der Waals surface area (Å²) in [6.07, 6.45) is 0.677. The van der Waals surface area contributed by atoms with Crippen LogP contribution >= 0.6 is 11.6 Å². The van der Waals surface area contributed by atoms with Gasteiger partial charge in [0.25, 0.3) is 5.91 Å². The van der Waals surface area contributed by atoms with E-state index < -0.39 is 22.5 Å². The SMILES string of the molecule is COc1ccc(C(=O)N2CCc3ccc(NC(=O)CN(Cc4ccccc4)S(=O)(=O)c4cc(Cl)ccc4OC)cc32)cc1. The third kappa shape index (κ3) is 6.67. The summed E-state index contributed by atoms with van der Waals surface area (Å²) in [6.45, 7) is -0.0266. The molecule has 5 rings (SSSR count). The van der Waals surface area contributed by atoms with Crippen LogP contribution in [0.1, 0.15) is 21.5 Å². The van der Waals surface area contributed by atoms with Crippen LogP contribution in [0.25, 0.3) is 0 Å². The Kier molecular flexibility index (Phi) is 9.00. The minimum atomic E-state index is -4.22. The number of anilines is 2. The van der Waals surface area contributed by atoms with Crippen molar-refractivity contribution >= 4 is 44.8 Å².